The number of para-hydroxylation sites is 2. The molecular formula is C18H21NO3. The molecule has 22 heavy (non-hydrogen) atoms. The van der Waals surface area contributed by atoms with Crippen molar-refractivity contribution in [1.82, 2.24) is 0 Å². The predicted octanol–water partition coefficient (Wildman–Crippen LogP) is 3.61. The Morgan fingerprint density at radius 1 is 1.05 bits per heavy atom. The summed E-state index contributed by atoms with van der Waals surface area (Å²) in [6, 6.07) is 17.7. The van der Waals surface area contributed by atoms with E-state index in [-0.39, 0.29) is 5.97 Å². The van der Waals surface area contributed by atoms with E-state index in [0.717, 1.165) is 29.8 Å². The Bertz CT molecular complexity index is 598. The molecule has 0 unspecified atom stereocenters. The fourth-order valence-electron chi connectivity index (χ4n) is 2.24. The maximum atomic E-state index is 11.1. The van der Waals surface area contributed by atoms with Gasteiger partial charge in [-0.1, -0.05) is 36.4 Å². The molecule has 0 spiro atoms. The number of hydrogen-bond donors (Lipinski definition) is 0. The van der Waals surface area contributed by atoms with Crippen molar-refractivity contribution in [3.05, 3.63) is 60.2 Å². The molecule has 0 aliphatic heterocycles. The van der Waals surface area contributed by atoms with Crippen LogP contribution in [0.5, 0.6) is 5.75 Å². The monoisotopic (exact) mass is 299 g/mol. The van der Waals surface area contributed by atoms with E-state index in [1.807, 2.05) is 54.6 Å². The summed E-state index contributed by atoms with van der Waals surface area (Å²) in [4.78, 5) is 16.2. The summed E-state index contributed by atoms with van der Waals surface area (Å²) in [6.07, 6.45) is 1.74. The molecule has 0 radical (unpaired) electrons. The minimum absolute atomic E-state index is 0.329. The number of carbonyl (C=O) groups is 1. The summed E-state index contributed by atoms with van der Waals surface area (Å²) in [5.41, 5.74) is 2.03. The largest absolute Gasteiger partial charge is 0.494 e. The van der Waals surface area contributed by atoms with Crippen molar-refractivity contribution < 1.29 is 14.4 Å². The smallest absolute Gasteiger partial charge is 0.329 e. The second-order valence-corrected chi connectivity index (χ2v) is 4.97. The highest BCUT2D eigenvalue weighted by atomic mass is 16.7. The average Bonchev–Trinajstić information content (AvgIpc) is 2.52. The molecule has 0 atom stereocenters. The highest BCUT2D eigenvalue weighted by molar-refractivity contribution is 5.68. The molecule has 2 aromatic rings. The summed E-state index contributed by atoms with van der Waals surface area (Å²) < 4.78 is 5.69. The molecular weight excluding hydrogens is 278 g/mol. The van der Waals surface area contributed by atoms with Crippen LogP contribution in [0.25, 0.3) is 0 Å². The maximum Gasteiger partial charge on any atom is 0.329 e. The minimum atomic E-state index is -0.329. The molecule has 0 heterocycles. The zero-order valence-electron chi connectivity index (χ0n) is 13.0. The number of hydroxylamine groups is 1. The molecule has 0 saturated carbocycles. The molecule has 4 nitrogen and oxygen atoms in total. The molecule has 0 saturated heterocycles. The van der Waals surface area contributed by atoms with Crippen LogP contribution in [-0.2, 0) is 16.1 Å². The van der Waals surface area contributed by atoms with E-state index >= 15 is 0 Å². The molecule has 0 amide bonds. The number of ether oxygens (including phenoxy) is 1. The highest BCUT2D eigenvalue weighted by Crippen LogP contribution is 2.21. The SMILES string of the molecule is CC(=O)ON(C)c1ccccc1CCCOc1ccccc1. The Balaban J connectivity index is 1.88. The van der Waals surface area contributed by atoms with Crippen molar-refractivity contribution in [1.29, 1.82) is 0 Å². The van der Waals surface area contributed by atoms with Crippen LogP contribution in [0.4, 0.5) is 5.69 Å². The first-order valence-corrected chi connectivity index (χ1v) is 7.35. The van der Waals surface area contributed by atoms with Crippen LogP contribution in [0.15, 0.2) is 54.6 Å². The van der Waals surface area contributed by atoms with Gasteiger partial charge in [0, 0.05) is 14.0 Å². The Morgan fingerprint density at radius 2 is 1.73 bits per heavy atom. The minimum Gasteiger partial charge on any atom is -0.494 e. The number of nitrogens with zero attached hydrogens (tertiary/aromatic N) is 1. The second kappa shape index (κ2) is 8.08. The Morgan fingerprint density at radius 3 is 2.45 bits per heavy atom. The molecule has 2 aromatic carbocycles. The maximum absolute atomic E-state index is 11.1. The number of anilines is 1. The molecule has 0 bridgehead atoms. The van der Waals surface area contributed by atoms with Crippen molar-refractivity contribution in [3.63, 3.8) is 0 Å². The van der Waals surface area contributed by atoms with Gasteiger partial charge in [-0.05, 0) is 36.6 Å². The van der Waals surface area contributed by atoms with Gasteiger partial charge in [-0.2, -0.15) is 0 Å². The van der Waals surface area contributed by atoms with Gasteiger partial charge in [0.2, 0.25) is 0 Å². The fourth-order valence-corrected chi connectivity index (χ4v) is 2.24. The second-order valence-electron chi connectivity index (χ2n) is 4.97. The van der Waals surface area contributed by atoms with Crippen LogP contribution in [0.1, 0.15) is 18.9 Å². The molecule has 0 aliphatic carbocycles. The van der Waals surface area contributed by atoms with Gasteiger partial charge in [-0.25, -0.2) is 5.06 Å². The fraction of sp³-hybridized carbons (Fsp3) is 0.278. The summed E-state index contributed by atoms with van der Waals surface area (Å²) in [7, 11) is 1.74. The van der Waals surface area contributed by atoms with E-state index in [2.05, 4.69) is 0 Å². The van der Waals surface area contributed by atoms with Crippen LogP contribution >= 0.6 is 0 Å². The van der Waals surface area contributed by atoms with Crippen molar-refractivity contribution in [2.45, 2.75) is 19.8 Å². The van der Waals surface area contributed by atoms with E-state index in [9.17, 15) is 4.79 Å². The van der Waals surface area contributed by atoms with Gasteiger partial charge in [0.1, 0.15) is 5.75 Å². The summed E-state index contributed by atoms with van der Waals surface area (Å²) >= 11 is 0. The number of aryl methyl sites for hydroxylation is 1. The molecule has 0 aromatic heterocycles. The number of carbonyl (C=O) groups excluding carboxylic acids is 1. The molecule has 4 heteroatoms. The van der Waals surface area contributed by atoms with Crippen molar-refractivity contribution in [2.24, 2.45) is 0 Å². The van der Waals surface area contributed by atoms with E-state index in [1.54, 1.807) is 7.05 Å². The van der Waals surface area contributed by atoms with Gasteiger partial charge in [-0.15, -0.1) is 0 Å². The van der Waals surface area contributed by atoms with E-state index in [0.29, 0.717) is 6.61 Å². The summed E-state index contributed by atoms with van der Waals surface area (Å²) in [5.74, 6) is 0.553. The van der Waals surface area contributed by atoms with E-state index in [4.69, 9.17) is 9.57 Å². The number of rotatable bonds is 7. The lowest BCUT2D eigenvalue weighted by atomic mass is 10.1. The van der Waals surface area contributed by atoms with Gasteiger partial charge in [0.05, 0.1) is 12.3 Å². The van der Waals surface area contributed by atoms with Crippen molar-refractivity contribution in [3.8, 4) is 5.75 Å². The molecule has 0 N–H and O–H groups in total. The van der Waals surface area contributed by atoms with Gasteiger partial charge in [0.15, 0.2) is 0 Å². The van der Waals surface area contributed by atoms with Gasteiger partial charge >= 0.3 is 5.97 Å². The Hall–Kier alpha value is -2.49. The molecule has 0 aliphatic rings. The standard InChI is InChI=1S/C18H21NO3/c1-15(20)22-19(2)18-13-7-6-9-16(18)10-8-14-21-17-11-4-3-5-12-17/h3-7,9,11-13H,8,10,14H2,1-2H3. The van der Waals surface area contributed by atoms with Crippen LogP contribution in [0, 0.1) is 0 Å². The lowest BCUT2D eigenvalue weighted by Gasteiger charge is -2.20. The zero-order valence-corrected chi connectivity index (χ0v) is 13.0. The van der Waals surface area contributed by atoms with Crippen LogP contribution in [0.3, 0.4) is 0 Å². The molecule has 2 rings (SSSR count). The van der Waals surface area contributed by atoms with E-state index < -0.39 is 0 Å². The first-order valence-electron chi connectivity index (χ1n) is 7.35. The molecule has 0 fully saturated rings. The van der Waals surface area contributed by atoms with Gasteiger partial charge in [-0.3, -0.25) is 4.79 Å². The quantitative estimate of drug-likeness (QED) is 0.578. The average molecular weight is 299 g/mol. The van der Waals surface area contributed by atoms with E-state index in [1.165, 1.54) is 12.0 Å². The molecule has 116 valence electrons. The topological polar surface area (TPSA) is 38.8 Å². The Labute approximate surface area is 131 Å². The summed E-state index contributed by atoms with van der Waals surface area (Å²) in [6.45, 7) is 2.04. The number of benzene rings is 2. The lowest BCUT2D eigenvalue weighted by molar-refractivity contribution is -0.141. The third-order valence-electron chi connectivity index (χ3n) is 3.20. The van der Waals surface area contributed by atoms with Crippen LogP contribution in [0.2, 0.25) is 0 Å². The lowest BCUT2D eigenvalue weighted by Crippen LogP contribution is -2.22. The Kier molecular flexibility index (Phi) is 5.83. The number of hydrogen-bond acceptors (Lipinski definition) is 4. The first-order chi connectivity index (χ1) is 10.7. The third-order valence-corrected chi connectivity index (χ3v) is 3.20. The normalized spacial score (nSPS) is 10.1. The van der Waals surface area contributed by atoms with Crippen molar-refractivity contribution >= 4 is 11.7 Å². The van der Waals surface area contributed by atoms with Gasteiger partial charge < -0.3 is 9.57 Å². The zero-order chi connectivity index (χ0) is 15.8. The predicted molar refractivity (Wildman–Crippen MR) is 86.9 cm³/mol. The summed E-state index contributed by atoms with van der Waals surface area (Å²) in [5, 5.41) is 1.51. The van der Waals surface area contributed by atoms with Crippen LogP contribution in [-0.4, -0.2) is 19.6 Å². The van der Waals surface area contributed by atoms with Crippen molar-refractivity contribution in [2.75, 3.05) is 18.7 Å². The first kappa shape index (κ1) is 15.9. The highest BCUT2D eigenvalue weighted by Gasteiger charge is 2.09. The third kappa shape index (κ3) is 4.81. The van der Waals surface area contributed by atoms with Gasteiger partial charge in [0.25, 0.3) is 0 Å². The van der Waals surface area contributed by atoms with Crippen LogP contribution < -0.4 is 9.80 Å².